The summed E-state index contributed by atoms with van der Waals surface area (Å²) in [6, 6.07) is 7.18. The van der Waals surface area contributed by atoms with E-state index in [0.29, 0.717) is 12.3 Å². The number of nitrogens with zero attached hydrogens (tertiary/aromatic N) is 3. The van der Waals surface area contributed by atoms with E-state index in [-0.39, 0.29) is 11.5 Å². The van der Waals surface area contributed by atoms with Crippen LogP contribution in [0.5, 0.6) is 5.75 Å². The number of nitrogens with one attached hydrogen (secondary N) is 1. The van der Waals surface area contributed by atoms with E-state index in [1.807, 2.05) is 12.1 Å². The average Bonchev–Trinajstić information content (AvgIpc) is 2.60. The predicted octanol–water partition coefficient (Wildman–Crippen LogP) is 2.03. The molecule has 0 spiro atoms. The lowest BCUT2D eigenvalue weighted by molar-refractivity contribution is 0.102. The van der Waals surface area contributed by atoms with Gasteiger partial charge in [-0.05, 0) is 37.4 Å². The molecule has 2 rings (SSSR count). The molecule has 0 aliphatic carbocycles. The van der Waals surface area contributed by atoms with Gasteiger partial charge in [0.25, 0.3) is 5.91 Å². The largest absolute Gasteiger partial charge is 0.492 e. The van der Waals surface area contributed by atoms with Gasteiger partial charge in [0.05, 0.1) is 0 Å². The van der Waals surface area contributed by atoms with Crippen molar-refractivity contribution in [3.8, 4) is 5.75 Å². The number of nitrogens with two attached hydrogens (primary N) is 1. The van der Waals surface area contributed by atoms with Crippen LogP contribution in [0.1, 0.15) is 24.3 Å². The maximum Gasteiger partial charge on any atom is 0.278 e. The summed E-state index contributed by atoms with van der Waals surface area (Å²) >= 11 is 0. The van der Waals surface area contributed by atoms with Gasteiger partial charge < -0.3 is 20.7 Å². The van der Waals surface area contributed by atoms with Gasteiger partial charge in [-0.15, -0.1) is 0 Å². The zero-order chi connectivity index (χ0) is 17.4. The first-order valence-electron chi connectivity index (χ1n) is 7.97. The lowest BCUT2D eigenvalue weighted by Crippen LogP contribution is -2.27. The van der Waals surface area contributed by atoms with Crippen LogP contribution in [0.4, 0.5) is 11.5 Å². The van der Waals surface area contributed by atoms with Crippen LogP contribution in [-0.2, 0) is 0 Å². The molecule has 0 unspecified atom stereocenters. The van der Waals surface area contributed by atoms with Crippen molar-refractivity contribution in [2.75, 3.05) is 37.3 Å². The van der Waals surface area contributed by atoms with Gasteiger partial charge in [0.2, 0.25) is 0 Å². The second-order valence-electron chi connectivity index (χ2n) is 5.14. The van der Waals surface area contributed by atoms with Crippen LogP contribution in [0.2, 0.25) is 0 Å². The highest BCUT2D eigenvalue weighted by atomic mass is 16.5. The minimum Gasteiger partial charge on any atom is -0.492 e. The second kappa shape index (κ2) is 8.83. The summed E-state index contributed by atoms with van der Waals surface area (Å²) in [5, 5.41) is 2.73. The Labute approximate surface area is 141 Å². The summed E-state index contributed by atoms with van der Waals surface area (Å²) < 4.78 is 5.71. The minimum atomic E-state index is -0.393. The summed E-state index contributed by atoms with van der Waals surface area (Å²) in [5.41, 5.74) is 6.39. The lowest BCUT2D eigenvalue weighted by atomic mass is 10.3. The summed E-state index contributed by atoms with van der Waals surface area (Å²) in [6.07, 6.45) is 2.87. The molecule has 2 aromatic rings. The molecule has 0 saturated heterocycles. The molecule has 0 saturated carbocycles. The van der Waals surface area contributed by atoms with Crippen LogP contribution >= 0.6 is 0 Å². The molecule has 0 aliphatic rings. The van der Waals surface area contributed by atoms with E-state index in [4.69, 9.17) is 10.5 Å². The number of hydrogen-bond donors (Lipinski definition) is 2. The van der Waals surface area contributed by atoms with E-state index >= 15 is 0 Å². The van der Waals surface area contributed by atoms with Crippen LogP contribution < -0.4 is 15.8 Å². The molecule has 1 aromatic carbocycles. The normalized spacial score (nSPS) is 10.6. The average molecular weight is 329 g/mol. The van der Waals surface area contributed by atoms with Crippen molar-refractivity contribution in [1.29, 1.82) is 0 Å². The van der Waals surface area contributed by atoms with Crippen LogP contribution in [0.25, 0.3) is 0 Å². The molecule has 0 atom stereocenters. The maximum atomic E-state index is 12.1. The molecule has 0 bridgehead atoms. The fourth-order valence-corrected chi connectivity index (χ4v) is 2.18. The molecule has 1 aromatic heterocycles. The first-order valence-corrected chi connectivity index (χ1v) is 7.97. The molecule has 3 N–H and O–H groups in total. The Morgan fingerprint density at radius 3 is 2.46 bits per heavy atom. The topological polar surface area (TPSA) is 93.4 Å². The van der Waals surface area contributed by atoms with Crippen molar-refractivity contribution in [1.82, 2.24) is 14.9 Å². The van der Waals surface area contributed by atoms with Crippen molar-refractivity contribution in [2.45, 2.75) is 13.8 Å². The molecular weight excluding hydrogens is 306 g/mol. The molecule has 128 valence electrons. The van der Waals surface area contributed by atoms with E-state index in [1.54, 1.807) is 12.1 Å². The number of carbonyl (C=O) groups excluding carboxylic acids is 1. The highest BCUT2D eigenvalue weighted by Crippen LogP contribution is 2.17. The van der Waals surface area contributed by atoms with E-state index in [9.17, 15) is 4.79 Å². The van der Waals surface area contributed by atoms with Gasteiger partial charge >= 0.3 is 0 Å². The van der Waals surface area contributed by atoms with Crippen molar-refractivity contribution in [3.63, 3.8) is 0 Å². The number of ether oxygens (including phenoxy) is 1. The number of nitrogen functional groups attached to an aromatic ring is 1. The second-order valence-corrected chi connectivity index (χ2v) is 5.14. The first kappa shape index (κ1) is 17.7. The fraction of sp³-hybridized carbons (Fsp3) is 0.353. The molecular formula is C17H23N5O2. The summed E-state index contributed by atoms with van der Waals surface area (Å²) in [5.74, 6) is 0.473. The smallest absolute Gasteiger partial charge is 0.278 e. The van der Waals surface area contributed by atoms with Gasteiger partial charge in [-0.1, -0.05) is 13.8 Å². The number of carbonyl (C=O) groups is 1. The molecule has 1 heterocycles. The van der Waals surface area contributed by atoms with Gasteiger partial charge in [0.1, 0.15) is 12.4 Å². The maximum absolute atomic E-state index is 12.1. The van der Waals surface area contributed by atoms with Gasteiger partial charge in [0, 0.05) is 24.6 Å². The number of amides is 1. The minimum absolute atomic E-state index is 0.103. The highest BCUT2D eigenvalue weighted by molar-refractivity contribution is 6.05. The van der Waals surface area contributed by atoms with Crippen molar-refractivity contribution in [2.24, 2.45) is 0 Å². The quantitative estimate of drug-likeness (QED) is 0.770. The third-order valence-corrected chi connectivity index (χ3v) is 3.62. The van der Waals surface area contributed by atoms with E-state index in [2.05, 4.69) is 34.0 Å². The fourth-order valence-electron chi connectivity index (χ4n) is 2.18. The first-order chi connectivity index (χ1) is 11.6. The molecule has 0 radical (unpaired) electrons. The molecule has 24 heavy (non-hydrogen) atoms. The van der Waals surface area contributed by atoms with Gasteiger partial charge in [-0.2, -0.15) is 0 Å². The Morgan fingerprint density at radius 2 is 1.83 bits per heavy atom. The van der Waals surface area contributed by atoms with Crippen molar-refractivity contribution >= 4 is 17.4 Å². The Balaban J connectivity index is 1.88. The molecule has 1 amide bonds. The highest BCUT2D eigenvalue weighted by Gasteiger charge is 2.12. The van der Waals surface area contributed by atoms with Gasteiger partial charge in [0.15, 0.2) is 11.5 Å². The zero-order valence-electron chi connectivity index (χ0n) is 14.0. The van der Waals surface area contributed by atoms with Crippen LogP contribution in [-0.4, -0.2) is 47.0 Å². The summed E-state index contributed by atoms with van der Waals surface area (Å²) in [4.78, 5) is 22.2. The van der Waals surface area contributed by atoms with Crippen molar-refractivity contribution < 1.29 is 9.53 Å². The van der Waals surface area contributed by atoms with E-state index in [0.717, 1.165) is 25.4 Å². The number of aromatic nitrogens is 2. The Hall–Kier alpha value is -2.67. The van der Waals surface area contributed by atoms with Crippen LogP contribution in [0.3, 0.4) is 0 Å². The van der Waals surface area contributed by atoms with Crippen molar-refractivity contribution in [3.05, 3.63) is 42.4 Å². The van der Waals surface area contributed by atoms with Crippen LogP contribution in [0, 0.1) is 0 Å². The molecule has 0 fully saturated rings. The Kier molecular flexibility index (Phi) is 6.51. The third-order valence-electron chi connectivity index (χ3n) is 3.62. The number of hydrogen-bond acceptors (Lipinski definition) is 6. The number of anilines is 2. The number of rotatable bonds is 8. The molecule has 7 heteroatoms. The standard InChI is InChI=1S/C17H23N5O2/c1-3-22(4-2)11-12-24-14-7-5-13(6-8-14)21-17(23)15-16(18)20-10-9-19-15/h5-10H,3-4,11-12H2,1-2H3,(H2,18,20)(H,21,23). The third kappa shape index (κ3) is 4.92. The van der Waals surface area contributed by atoms with Gasteiger partial charge in [-0.3, -0.25) is 4.79 Å². The van der Waals surface area contributed by atoms with E-state index < -0.39 is 5.91 Å². The zero-order valence-corrected chi connectivity index (χ0v) is 14.0. The van der Waals surface area contributed by atoms with Crippen LogP contribution in [0.15, 0.2) is 36.7 Å². The van der Waals surface area contributed by atoms with E-state index in [1.165, 1.54) is 12.4 Å². The monoisotopic (exact) mass is 329 g/mol. The summed E-state index contributed by atoms with van der Waals surface area (Å²) in [7, 11) is 0. The lowest BCUT2D eigenvalue weighted by Gasteiger charge is -2.18. The number of benzene rings is 1. The number of likely N-dealkylation sites (N-methyl/N-ethyl adjacent to an activating group) is 1. The molecule has 0 aliphatic heterocycles. The van der Waals surface area contributed by atoms with Gasteiger partial charge in [-0.25, -0.2) is 9.97 Å². The Bertz CT molecular complexity index is 656. The predicted molar refractivity (Wildman–Crippen MR) is 94.1 cm³/mol. The molecule has 7 nitrogen and oxygen atoms in total. The summed E-state index contributed by atoms with van der Waals surface area (Å²) in [6.45, 7) is 7.79. The Morgan fingerprint density at radius 1 is 1.17 bits per heavy atom. The SMILES string of the molecule is CCN(CC)CCOc1ccc(NC(=O)c2nccnc2N)cc1.